The van der Waals surface area contributed by atoms with Crippen LogP contribution in [0.4, 0.5) is 13.2 Å². The van der Waals surface area contributed by atoms with Crippen molar-refractivity contribution < 1.29 is 13.2 Å². The lowest BCUT2D eigenvalue weighted by molar-refractivity contribution is 0.259. The topological polar surface area (TPSA) is 0 Å². The van der Waals surface area contributed by atoms with Crippen molar-refractivity contribution in [2.24, 2.45) is 11.8 Å². The fourth-order valence-corrected chi connectivity index (χ4v) is 5.06. The molecule has 4 rings (SSSR count). The quantitative estimate of drug-likeness (QED) is 0.371. The molecule has 0 unspecified atom stereocenters. The summed E-state index contributed by atoms with van der Waals surface area (Å²) in [5.74, 6) is -1.04. The molecule has 0 saturated heterocycles. The molecule has 1 aliphatic rings. The predicted octanol–water partition coefficient (Wildman–Crippen LogP) is 8.64. The van der Waals surface area contributed by atoms with Gasteiger partial charge in [-0.3, -0.25) is 0 Å². The summed E-state index contributed by atoms with van der Waals surface area (Å²) in [6.07, 6.45) is 9.30. The van der Waals surface area contributed by atoms with Crippen LogP contribution in [0, 0.1) is 29.3 Å². The van der Waals surface area contributed by atoms with Gasteiger partial charge in [0.05, 0.1) is 5.39 Å². The lowest BCUT2D eigenvalue weighted by Gasteiger charge is -2.27. The SMILES string of the molecule is CCc1ccc2cc(-c3ccc(CCC4CCC(CC)CC4)cc3)c(F)c(F)c2c1F. The molecule has 0 spiro atoms. The molecule has 1 aliphatic carbocycles. The molecule has 1 saturated carbocycles. The summed E-state index contributed by atoms with van der Waals surface area (Å²) in [4.78, 5) is 0. The Morgan fingerprint density at radius 1 is 0.774 bits per heavy atom. The van der Waals surface area contributed by atoms with E-state index in [9.17, 15) is 13.2 Å². The Bertz CT molecular complexity index is 1040. The van der Waals surface area contributed by atoms with E-state index in [2.05, 4.69) is 6.92 Å². The van der Waals surface area contributed by atoms with Crippen LogP contribution in [0.1, 0.15) is 63.5 Å². The molecule has 0 amide bonds. The van der Waals surface area contributed by atoms with Crippen molar-refractivity contribution in [3.63, 3.8) is 0 Å². The van der Waals surface area contributed by atoms with Crippen LogP contribution in [-0.4, -0.2) is 0 Å². The number of rotatable bonds is 6. The Hall–Kier alpha value is -2.29. The molecule has 0 radical (unpaired) electrons. The van der Waals surface area contributed by atoms with Crippen molar-refractivity contribution in [2.45, 2.75) is 65.2 Å². The molecule has 0 heterocycles. The molecular weight excluding hydrogens is 393 g/mol. The van der Waals surface area contributed by atoms with E-state index in [1.807, 2.05) is 24.3 Å². The number of hydrogen-bond acceptors (Lipinski definition) is 0. The minimum atomic E-state index is -1.10. The first kappa shape index (κ1) is 21.9. The highest BCUT2D eigenvalue weighted by Crippen LogP contribution is 2.35. The number of aryl methyl sites for hydroxylation is 2. The van der Waals surface area contributed by atoms with Crippen molar-refractivity contribution in [3.8, 4) is 11.1 Å². The third-order valence-corrected chi connectivity index (χ3v) is 7.23. The fraction of sp³-hybridized carbons (Fsp3) is 0.429. The van der Waals surface area contributed by atoms with Gasteiger partial charge in [0, 0.05) is 5.56 Å². The summed E-state index contributed by atoms with van der Waals surface area (Å²) >= 11 is 0. The van der Waals surface area contributed by atoms with Gasteiger partial charge < -0.3 is 0 Å². The highest BCUT2D eigenvalue weighted by Gasteiger charge is 2.21. The molecule has 164 valence electrons. The highest BCUT2D eigenvalue weighted by molar-refractivity contribution is 5.89. The Morgan fingerprint density at radius 2 is 1.45 bits per heavy atom. The summed E-state index contributed by atoms with van der Waals surface area (Å²) in [7, 11) is 0. The van der Waals surface area contributed by atoms with E-state index in [1.54, 1.807) is 25.1 Å². The zero-order valence-corrected chi connectivity index (χ0v) is 18.5. The second-order valence-corrected chi connectivity index (χ2v) is 9.07. The van der Waals surface area contributed by atoms with Crippen molar-refractivity contribution in [1.29, 1.82) is 0 Å². The first-order valence-corrected chi connectivity index (χ1v) is 11.7. The van der Waals surface area contributed by atoms with Gasteiger partial charge in [0.2, 0.25) is 0 Å². The number of benzene rings is 3. The smallest absolute Gasteiger partial charge is 0.170 e. The predicted molar refractivity (Wildman–Crippen MR) is 123 cm³/mol. The van der Waals surface area contributed by atoms with Gasteiger partial charge in [0.1, 0.15) is 5.82 Å². The zero-order valence-electron chi connectivity index (χ0n) is 18.5. The van der Waals surface area contributed by atoms with Gasteiger partial charge in [0.15, 0.2) is 11.6 Å². The molecule has 3 aromatic rings. The molecule has 0 atom stereocenters. The number of fused-ring (bicyclic) bond motifs is 1. The molecule has 0 aliphatic heterocycles. The third kappa shape index (κ3) is 4.51. The van der Waals surface area contributed by atoms with E-state index in [4.69, 9.17) is 0 Å². The van der Waals surface area contributed by atoms with Gasteiger partial charge >= 0.3 is 0 Å². The average molecular weight is 425 g/mol. The first-order valence-electron chi connectivity index (χ1n) is 11.7. The monoisotopic (exact) mass is 424 g/mol. The van der Waals surface area contributed by atoms with Crippen LogP contribution < -0.4 is 0 Å². The number of halogens is 3. The molecule has 0 bridgehead atoms. The third-order valence-electron chi connectivity index (χ3n) is 7.23. The summed E-state index contributed by atoms with van der Waals surface area (Å²) in [5.41, 5.74) is 2.41. The Labute approximate surface area is 183 Å². The van der Waals surface area contributed by atoms with Gasteiger partial charge in [-0.05, 0) is 59.2 Å². The van der Waals surface area contributed by atoms with Crippen molar-refractivity contribution >= 4 is 10.8 Å². The highest BCUT2D eigenvalue weighted by atomic mass is 19.2. The average Bonchev–Trinajstić information content (AvgIpc) is 2.81. The maximum atomic E-state index is 14.8. The summed E-state index contributed by atoms with van der Waals surface area (Å²) in [6.45, 7) is 4.08. The second-order valence-electron chi connectivity index (χ2n) is 9.07. The molecule has 31 heavy (non-hydrogen) atoms. The largest absolute Gasteiger partial charge is 0.206 e. The molecule has 0 nitrogen and oxygen atoms in total. The summed E-state index contributed by atoms with van der Waals surface area (Å²) < 4.78 is 44.2. The molecule has 0 N–H and O–H groups in total. The molecule has 3 heteroatoms. The Morgan fingerprint density at radius 3 is 2.10 bits per heavy atom. The van der Waals surface area contributed by atoms with Crippen LogP contribution in [0.15, 0.2) is 42.5 Å². The lowest BCUT2D eigenvalue weighted by Crippen LogP contribution is -2.14. The van der Waals surface area contributed by atoms with E-state index < -0.39 is 17.5 Å². The molecular formula is C28H31F3. The normalized spacial score (nSPS) is 19.1. The molecule has 1 fully saturated rings. The lowest BCUT2D eigenvalue weighted by atomic mass is 9.78. The van der Waals surface area contributed by atoms with Gasteiger partial charge in [-0.2, -0.15) is 0 Å². The standard InChI is InChI=1S/C28H31F3/c1-3-18-5-7-19(8-6-18)9-10-20-11-13-22(14-12-20)24-17-23-16-15-21(4-2)26(29)25(23)28(31)27(24)30/h11-19H,3-10H2,1-2H3. The fourth-order valence-electron chi connectivity index (χ4n) is 5.06. The van der Waals surface area contributed by atoms with E-state index >= 15 is 0 Å². The maximum absolute atomic E-state index is 14.8. The van der Waals surface area contributed by atoms with Gasteiger partial charge in [-0.15, -0.1) is 0 Å². The molecule has 0 aromatic heterocycles. The van der Waals surface area contributed by atoms with E-state index in [-0.39, 0.29) is 10.9 Å². The Kier molecular flexibility index (Phi) is 6.69. The maximum Gasteiger partial charge on any atom is 0.170 e. The molecule has 3 aromatic carbocycles. The van der Waals surface area contributed by atoms with Crippen LogP contribution in [0.2, 0.25) is 0 Å². The van der Waals surface area contributed by atoms with Crippen LogP contribution in [-0.2, 0) is 12.8 Å². The summed E-state index contributed by atoms with van der Waals surface area (Å²) in [5, 5.41) is 0.130. The Balaban J connectivity index is 1.52. The second kappa shape index (κ2) is 9.46. The van der Waals surface area contributed by atoms with E-state index in [0.29, 0.717) is 22.9 Å². The van der Waals surface area contributed by atoms with Gasteiger partial charge in [0.25, 0.3) is 0 Å². The minimum absolute atomic E-state index is 0.179. The van der Waals surface area contributed by atoms with Crippen molar-refractivity contribution in [3.05, 3.63) is 71.0 Å². The zero-order chi connectivity index (χ0) is 22.0. The summed E-state index contributed by atoms with van der Waals surface area (Å²) in [6, 6.07) is 12.6. The van der Waals surface area contributed by atoms with Crippen molar-refractivity contribution in [1.82, 2.24) is 0 Å². The van der Waals surface area contributed by atoms with Crippen LogP contribution in [0.5, 0.6) is 0 Å². The minimum Gasteiger partial charge on any atom is -0.206 e. The van der Waals surface area contributed by atoms with Crippen LogP contribution in [0.25, 0.3) is 21.9 Å². The van der Waals surface area contributed by atoms with E-state index in [1.165, 1.54) is 44.1 Å². The van der Waals surface area contributed by atoms with Crippen LogP contribution >= 0.6 is 0 Å². The number of hydrogen-bond donors (Lipinski definition) is 0. The van der Waals surface area contributed by atoms with Crippen LogP contribution in [0.3, 0.4) is 0 Å². The van der Waals surface area contributed by atoms with Gasteiger partial charge in [-0.25, -0.2) is 13.2 Å². The van der Waals surface area contributed by atoms with Gasteiger partial charge in [-0.1, -0.05) is 82.3 Å². The van der Waals surface area contributed by atoms with E-state index in [0.717, 1.165) is 18.3 Å². The van der Waals surface area contributed by atoms with Crippen molar-refractivity contribution in [2.75, 3.05) is 0 Å². The first-order chi connectivity index (χ1) is 15.0.